The molecule has 0 fully saturated rings. The average Bonchev–Trinajstić information content (AvgIpc) is 2.02. The molecule has 10 nitrogen and oxygen atoms in total. The molecule has 3 N–H and O–H groups in total. The van der Waals surface area contributed by atoms with Gasteiger partial charge in [-0.05, 0) is 287 Å². The molecular formula is C87H155N3O7. The maximum atomic E-state index is 11.5. The van der Waals surface area contributed by atoms with E-state index in [1.54, 1.807) is 78.2 Å². The Labute approximate surface area is 601 Å². The molecule has 10 heteroatoms. The second kappa shape index (κ2) is 66.7. The molecule has 0 aromatic carbocycles. The summed E-state index contributed by atoms with van der Waals surface area (Å²) >= 11 is 0. The highest BCUT2D eigenvalue weighted by molar-refractivity contribution is 5.77. The van der Waals surface area contributed by atoms with Crippen LogP contribution in [0.25, 0.3) is 0 Å². The Hall–Kier alpha value is -5.20. The fraction of sp³-hybridized carbons (Fsp3) is 0.632. The standard InChI is InChI=1S/2C18H31NO.C16H28O.2C15H26O.C5H13NO2/c2*1-15(2)9-7-10-16(3)11-8-12-17(4)13-14-18(20)19(5)6;1-14(2)8-5-9-15(3)10-6-11-16(4)12-7-13-17;2*1-6-15(5,16)12-8-11-14(4)10-7-9-13(2)3;1-6(2)5(7-3)8-4/h2*9,11,13H,7-8,10,12,14H2,1-6H3;8,10,12,17H,5-7,9,11,13H2,1-4H3;2*6,9,11,16H,1,7-8,10,12H2,2-5H3;5H,1-4H3/b16-11+,17-13?;16-11+,17-13+;15-10+,16-12+;14-11+;;. The summed E-state index contributed by atoms with van der Waals surface area (Å²) in [4.78, 5) is 28.0. The normalized spacial score (nSPS) is 13.3. The smallest absolute Gasteiger partial charge is 0.225 e. The summed E-state index contributed by atoms with van der Waals surface area (Å²) in [6.45, 7) is 49.7. The summed E-state index contributed by atoms with van der Waals surface area (Å²) in [5.74, 6) is 0.329. The van der Waals surface area contributed by atoms with Crippen molar-refractivity contribution in [3.63, 3.8) is 0 Å². The average molecular weight is 1360 g/mol. The van der Waals surface area contributed by atoms with E-state index in [0.717, 1.165) is 128 Å². The van der Waals surface area contributed by atoms with Gasteiger partial charge in [-0.25, -0.2) is 0 Å². The number of aliphatic hydroxyl groups excluding tert-OH is 1. The second-order valence-corrected chi connectivity index (χ2v) is 28.6. The predicted octanol–water partition coefficient (Wildman–Crippen LogP) is 23.5. The van der Waals surface area contributed by atoms with Crippen LogP contribution in [0.4, 0.5) is 0 Å². The fourth-order valence-corrected chi connectivity index (χ4v) is 8.54. The van der Waals surface area contributed by atoms with Crippen molar-refractivity contribution in [2.45, 2.75) is 304 Å². The number of hydrogen-bond donors (Lipinski definition) is 3. The number of allylic oxidation sites excluding steroid dienone is 23. The van der Waals surface area contributed by atoms with E-state index in [9.17, 15) is 19.8 Å². The first kappa shape index (κ1) is 103. The highest BCUT2D eigenvalue weighted by Gasteiger charge is 2.14. The molecule has 2 atom stereocenters. The van der Waals surface area contributed by atoms with Crippen molar-refractivity contribution in [1.29, 1.82) is 0 Å². The number of carbonyl (C=O) groups excluding carboxylic acids is 2. The van der Waals surface area contributed by atoms with Gasteiger partial charge in [-0.15, -0.1) is 13.2 Å². The van der Waals surface area contributed by atoms with Crippen LogP contribution in [-0.4, -0.2) is 123 Å². The van der Waals surface area contributed by atoms with Crippen molar-refractivity contribution in [3.8, 4) is 0 Å². The summed E-state index contributed by atoms with van der Waals surface area (Å²) in [5, 5.41) is 28.2. The Kier molecular flexibility index (Phi) is 70.7. The van der Waals surface area contributed by atoms with Gasteiger partial charge in [0, 0.05) is 61.9 Å². The molecule has 0 aromatic heterocycles. The van der Waals surface area contributed by atoms with Crippen LogP contribution in [0.3, 0.4) is 0 Å². The largest absolute Gasteiger partial charge is 0.396 e. The summed E-state index contributed by atoms with van der Waals surface area (Å²) in [6.07, 6.45) is 55.0. The van der Waals surface area contributed by atoms with Crippen molar-refractivity contribution in [3.05, 3.63) is 177 Å². The lowest BCUT2D eigenvalue weighted by Crippen LogP contribution is -2.30. The Morgan fingerprint density at radius 2 is 0.546 bits per heavy atom. The molecule has 0 aliphatic carbocycles. The first-order chi connectivity index (χ1) is 45.2. The number of rotatable bonds is 41. The van der Waals surface area contributed by atoms with Gasteiger partial charge in [0.1, 0.15) is 0 Å². The lowest BCUT2D eigenvalue weighted by atomic mass is 9.99. The zero-order chi connectivity index (χ0) is 76.0. The lowest BCUT2D eigenvalue weighted by Gasteiger charge is -2.19. The monoisotopic (exact) mass is 1350 g/mol. The molecule has 0 saturated heterocycles. The minimum Gasteiger partial charge on any atom is -0.396 e. The van der Waals surface area contributed by atoms with Crippen LogP contribution in [0, 0.1) is 0 Å². The van der Waals surface area contributed by atoms with E-state index in [1.165, 1.54) is 78.9 Å². The zero-order valence-corrected chi connectivity index (χ0v) is 68.4. The zero-order valence-electron chi connectivity index (χ0n) is 68.4. The Morgan fingerprint density at radius 3 is 0.711 bits per heavy atom. The van der Waals surface area contributed by atoms with Gasteiger partial charge >= 0.3 is 0 Å². The SMILES string of the molecule is C=CC(C)(O)CC/C=C(\C)CCC=C(C)C.C=CC(C)(O)CCC=C(C)CCC=C(C)C.CC(C)=CCC/C(C)=C/CC/C(C)=C/CC(=O)N(C)C.CC(C)=CCC/C(C)=C/CC/C(C)=C/CCO.CC(C)=CCC/C(C)=C/CCC(C)=CCC(=O)N(C)C.COC(OC)N(C)C. The molecule has 2 unspecified atom stereocenters. The molecule has 0 saturated carbocycles. The van der Waals surface area contributed by atoms with Crippen LogP contribution >= 0.6 is 0 Å². The summed E-state index contributed by atoms with van der Waals surface area (Å²) in [5.41, 5.74) is 16.7. The predicted molar refractivity (Wildman–Crippen MR) is 431 cm³/mol. The second-order valence-electron chi connectivity index (χ2n) is 28.6. The maximum absolute atomic E-state index is 11.5. The molecule has 2 amide bonds. The van der Waals surface area contributed by atoms with E-state index in [2.05, 4.69) is 217 Å². The maximum Gasteiger partial charge on any atom is 0.225 e. The van der Waals surface area contributed by atoms with Crippen LogP contribution in [0.2, 0.25) is 0 Å². The number of aliphatic hydroxyl groups is 3. The molecule has 0 aliphatic heterocycles. The molecule has 0 heterocycles. The molecule has 0 aliphatic rings. The molecule has 97 heavy (non-hydrogen) atoms. The molecule has 0 spiro atoms. The van der Waals surface area contributed by atoms with Gasteiger partial charge in [0.05, 0.1) is 11.2 Å². The van der Waals surface area contributed by atoms with Gasteiger partial charge in [0.15, 0.2) is 0 Å². The van der Waals surface area contributed by atoms with Gasteiger partial charge < -0.3 is 34.6 Å². The first-order valence-electron chi connectivity index (χ1n) is 36.0. The number of hydrogen-bond acceptors (Lipinski definition) is 8. The van der Waals surface area contributed by atoms with Gasteiger partial charge in [0.25, 0.3) is 0 Å². The van der Waals surface area contributed by atoms with E-state index in [4.69, 9.17) is 14.6 Å². The van der Waals surface area contributed by atoms with Gasteiger partial charge in [-0.2, -0.15) is 0 Å². The lowest BCUT2D eigenvalue weighted by molar-refractivity contribution is -0.179. The van der Waals surface area contributed by atoms with Crippen LogP contribution in [0.15, 0.2) is 177 Å². The van der Waals surface area contributed by atoms with E-state index < -0.39 is 11.2 Å². The third kappa shape index (κ3) is 83.1. The number of ether oxygens (including phenoxy) is 2. The third-order valence-corrected chi connectivity index (χ3v) is 15.4. The van der Waals surface area contributed by atoms with Crippen LogP contribution < -0.4 is 0 Å². The van der Waals surface area contributed by atoms with Crippen molar-refractivity contribution >= 4 is 11.8 Å². The van der Waals surface area contributed by atoms with Crippen molar-refractivity contribution in [1.82, 2.24) is 14.7 Å². The Bertz CT molecular complexity index is 2350. The van der Waals surface area contributed by atoms with Crippen LogP contribution in [0.1, 0.15) is 286 Å². The van der Waals surface area contributed by atoms with Gasteiger partial charge in [-0.1, -0.05) is 164 Å². The van der Waals surface area contributed by atoms with E-state index in [0.29, 0.717) is 12.8 Å². The molecule has 0 bridgehead atoms. The Morgan fingerprint density at radius 1 is 0.351 bits per heavy atom. The van der Waals surface area contributed by atoms with E-state index in [-0.39, 0.29) is 24.8 Å². The quantitative estimate of drug-likeness (QED) is 0.0409. The number of methoxy groups -OCH3 is 2. The fourth-order valence-electron chi connectivity index (χ4n) is 8.54. The molecule has 560 valence electrons. The molecule has 0 rings (SSSR count). The van der Waals surface area contributed by atoms with E-state index >= 15 is 0 Å². The minimum absolute atomic E-state index is 0.165. The van der Waals surface area contributed by atoms with E-state index in [1.807, 2.05) is 19.0 Å². The van der Waals surface area contributed by atoms with Crippen LogP contribution in [0.5, 0.6) is 0 Å². The van der Waals surface area contributed by atoms with Gasteiger partial charge in [0.2, 0.25) is 18.2 Å². The summed E-state index contributed by atoms with van der Waals surface area (Å²) in [6, 6.07) is 0. The number of amides is 2. The summed E-state index contributed by atoms with van der Waals surface area (Å²) in [7, 11) is 14.2. The van der Waals surface area contributed by atoms with Crippen molar-refractivity contribution in [2.24, 2.45) is 0 Å². The molecular weight excluding hydrogens is 1200 g/mol. The van der Waals surface area contributed by atoms with Crippen LogP contribution in [-0.2, 0) is 19.1 Å². The van der Waals surface area contributed by atoms with Crippen molar-refractivity contribution in [2.75, 3.05) is 63.1 Å². The first-order valence-corrected chi connectivity index (χ1v) is 36.0. The highest BCUT2D eigenvalue weighted by atomic mass is 16.7. The number of nitrogens with zero attached hydrogens (tertiary/aromatic N) is 3. The summed E-state index contributed by atoms with van der Waals surface area (Å²) < 4.78 is 9.73. The molecule has 0 aromatic rings. The minimum atomic E-state index is -0.726. The topological polar surface area (TPSA) is 123 Å². The molecule has 0 radical (unpaired) electrons. The highest BCUT2D eigenvalue weighted by Crippen LogP contribution is 2.19. The van der Waals surface area contributed by atoms with Crippen molar-refractivity contribution < 1.29 is 34.4 Å². The number of carbonyl (C=O) groups is 2. The Balaban J connectivity index is -0.000000260. The third-order valence-electron chi connectivity index (χ3n) is 15.4. The van der Waals surface area contributed by atoms with Gasteiger partial charge in [-0.3, -0.25) is 14.5 Å².